The number of Topliss-reactive ketones (excluding diaryl/α,β-unsaturated/α-hetero) is 1. The first kappa shape index (κ1) is 13.2. The molecule has 2 rings (SSSR count). The van der Waals surface area contributed by atoms with Gasteiger partial charge in [0.25, 0.3) is 0 Å². The van der Waals surface area contributed by atoms with Crippen molar-refractivity contribution in [2.45, 2.75) is 16.0 Å². The Morgan fingerprint density at radius 3 is 2.38 bits per heavy atom. The number of ether oxygens (including phenoxy) is 1. The Bertz CT molecular complexity index is 438. The van der Waals surface area contributed by atoms with Crippen LogP contribution in [0, 0.1) is 0 Å². The average Bonchev–Trinajstić information content (AvgIpc) is 2.86. The van der Waals surface area contributed by atoms with Gasteiger partial charge in [-0.3, -0.25) is 4.79 Å². The lowest BCUT2D eigenvalue weighted by molar-refractivity contribution is 0.0954. The number of ketones is 1. The van der Waals surface area contributed by atoms with Gasteiger partial charge in [0.1, 0.15) is 10.4 Å². The van der Waals surface area contributed by atoms with Crippen molar-refractivity contribution in [2.24, 2.45) is 0 Å². The maximum Gasteiger partial charge on any atom is 0.219 e. The van der Waals surface area contributed by atoms with Crippen molar-refractivity contribution in [1.29, 1.82) is 0 Å². The molecule has 0 bridgehead atoms. The SMILES string of the molecule is O=C(c1cc(Cl)sc1Cl)[C@@H]1O[C@H]1C(Cl)(Cl)Cl. The lowest BCUT2D eigenvalue weighted by Crippen LogP contribution is -2.19. The molecule has 2 heterocycles. The molecule has 8 heteroatoms. The van der Waals surface area contributed by atoms with Gasteiger partial charge in [0.2, 0.25) is 3.79 Å². The molecular weight excluding hydrogens is 337 g/mol. The summed E-state index contributed by atoms with van der Waals surface area (Å²) < 4.78 is 4.16. The van der Waals surface area contributed by atoms with Gasteiger partial charge in [0, 0.05) is 0 Å². The van der Waals surface area contributed by atoms with Gasteiger partial charge in [-0.05, 0) is 6.07 Å². The number of hydrogen-bond donors (Lipinski definition) is 0. The fourth-order valence-electron chi connectivity index (χ4n) is 1.22. The van der Waals surface area contributed by atoms with E-state index < -0.39 is 16.0 Å². The zero-order valence-corrected chi connectivity index (χ0v) is 11.9. The number of epoxide rings is 1. The topological polar surface area (TPSA) is 29.6 Å². The van der Waals surface area contributed by atoms with Crippen LogP contribution in [0.5, 0.6) is 0 Å². The van der Waals surface area contributed by atoms with E-state index in [0.29, 0.717) is 14.2 Å². The van der Waals surface area contributed by atoms with Crippen LogP contribution in [-0.4, -0.2) is 21.8 Å². The number of alkyl halides is 3. The number of thiophene rings is 1. The normalized spacial score (nSPS) is 24.6. The molecule has 1 saturated heterocycles. The van der Waals surface area contributed by atoms with Crippen molar-refractivity contribution in [3.05, 3.63) is 20.3 Å². The summed E-state index contributed by atoms with van der Waals surface area (Å²) in [6, 6.07) is 1.48. The Balaban J connectivity index is 2.14. The van der Waals surface area contributed by atoms with Crippen molar-refractivity contribution in [2.75, 3.05) is 0 Å². The van der Waals surface area contributed by atoms with Crippen molar-refractivity contribution < 1.29 is 9.53 Å². The highest BCUT2D eigenvalue weighted by atomic mass is 35.6. The summed E-state index contributed by atoms with van der Waals surface area (Å²) in [6.07, 6.45) is -1.48. The van der Waals surface area contributed by atoms with Gasteiger partial charge >= 0.3 is 0 Å². The van der Waals surface area contributed by atoms with E-state index in [1.807, 2.05) is 0 Å². The van der Waals surface area contributed by atoms with Crippen LogP contribution in [0.2, 0.25) is 8.67 Å². The molecule has 2 nitrogen and oxygen atoms in total. The zero-order valence-electron chi connectivity index (χ0n) is 7.35. The zero-order chi connectivity index (χ0) is 12.1. The third-order valence-corrected chi connectivity index (χ3v) is 4.13. The molecule has 2 atom stereocenters. The van der Waals surface area contributed by atoms with Crippen molar-refractivity contribution in [3.63, 3.8) is 0 Å². The van der Waals surface area contributed by atoms with Gasteiger partial charge in [-0.15, -0.1) is 11.3 Å². The van der Waals surface area contributed by atoms with Crippen LogP contribution in [0.4, 0.5) is 0 Å². The van der Waals surface area contributed by atoms with E-state index in [1.165, 1.54) is 6.07 Å². The fraction of sp³-hybridized carbons (Fsp3) is 0.375. The maximum absolute atomic E-state index is 11.9. The summed E-state index contributed by atoms with van der Waals surface area (Å²) in [5, 5.41) is 0. The van der Waals surface area contributed by atoms with E-state index in [9.17, 15) is 4.79 Å². The molecule has 0 N–H and O–H groups in total. The highest BCUT2D eigenvalue weighted by Crippen LogP contribution is 2.45. The van der Waals surface area contributed by atoms with Crippen LogP contribution < -0.4 is 0 Å². The summed E-state index contributed by atoms with van der Waals surface area (Å²) in [4.78, 5) is 11.9. The molecule has 1 fully saturated rings. The highest BCUT2D eigenvalue weighted by Gasteiger charge is 2.56. The first-order chi connectivity index (χ1) is 7.30. The number of rotatable bonds is 2. The first-order valence-electron chi connectivity index (χ1n) is 4.02. The third-order valence-electron chi connectivity index (χ3n) is 1.99. The standard InChI is InChI=1S/C8H3Cl5O2S/c9-3-1-2(7(10)16-3)4(14)5-6(15-5)8(11,12)13/h1,5-6H/t5-,6+/m0/s1. The lowest BCUT2D eigenvalue weighted by Gasteiger charge is -2.04. The number of carbonyl (C=O) groups is 1. The molecule has 1 aromatic heterocycles. The summed E-state index contributed by atoms with van der Waals surface area (Å²) in [5.41, 5.74) is 0.304. The monoisotopic (exact) mass is 338 g/mol. The van der Waals surface area contributed by atoms with Crippen molar-refractivity contribution in [3.8, 4) is 0 Å². The molecule has 0 saturated carbocycles. The molecule has 16 heavy (non-hydrogen) atoms. The second-order valence-corrected chi connectivity index (χ2v) is 7.78. The van der Waals surface area contributed by atoms with Crippen LogP contribution >= 0.6 is 69.3 Å². The second kappa shape index (κ2) is 4.47. The minimum Gasteiger partial charge on any atom is -0.356 e. The predicted octanol–water partition coefficient (Wildman–Crippen LogP) is 4.38. The molecule has 0 radical (unpaired) electrons. The molecule has 1 aliphatic rings. The summed E-state index contributed by atoms with van der Waals surface area (Å²) >= 11 is 29.5. The van der Waals surface area contributed by atoms with Gasteiger partial charge in [0.15, 0.2) is 11.9 Å². The minimum atomic E-state index is -1.60. The number of hydrogen-bond acceptors (Lipinski definition) is 3. The Morgan fingerprint density at radius 1 is 1.38 bits per heavy atom. The van der Waals surface area contributed by atoms with E-state index in [-0.39, 0.29) is 5.78 Å². The van der Waals surface area contributed by atoms with Crippen LogP contribution in [0.1, 0.15) is 10.4 Å². The number of halogens is 5. The van der Waals surface area contributed by atoms with E-state index in [1.54, 1.807) is 0 Å². The Morgan fingerprint density at radius 2 is 2.00 bits per heavy atom. The molecule has 1 aromatic rings. The Hall–Kier alpha value is 0.780. The minimum absolute atomic E-state index is 0.304. The van der Waals surface area contributed by atoms with Gasteiger partial charge in [-0.2, -0.15) is 0 Å². The van der Waals surface area contributed by atoms with Crippen LogP contribution in [0.15, 0.2) is 6.07 Å². The average molecular weight is 340 g/mol. The molecular formula is C8H3Cl5O2S. The molecule has 1 aliphatic heterocycles. The second-order valence-electron chi connectivity index (χ2n) is 3.12. The third kappa shape index (κ3) is 2.61. The summed E-state index contributed by atoms with van der Waals surface area (Å²) in [5.74, 6) is -0.315. The maximum atomic E-state index is 11.9. The quantitative estimate of drug-likeness (QED) is 0.454. The Labute approximate surface area is 120 Å². The van der Waals surface area contributed by atoms with E-state index in [2.05, 4.69) is 0 Å². The molecule has 0 spiro atoms. The van der Waals surface area contributed by atoms with Gasteiger partial charge in [-0.1, -0.05) is 58.0 Å². The highest BCUT2D eigenvalue weighted by molar-refractivity contribution is 7.20. The van der Waals surface area contributed by atoms with Gasteiger partial charge < -0.3 is 4.74 Å². The predicted molar refractivity (Wildman–Crippen MR) is 67.6 cm³/mol. The molecule has 0 aliphatic carbocycles. The van der Waals surface area contributed by atoms with Crippen LogP contribution in [0.25, 0.3) is 0 Å². The van der Waals surface area contributed by atoms with Gasteiger partial charge in [-0.25, -0.2) is 0 Å². The van der Waals surface area contributed by atoms with Crippen LogP contribution in [0.3, 0.4) is 0 Å². The van der Waals surface area contributed by atoms with E-state index in [0.717, 1.165) is 11.3 Å². The number of carbonyl (C=O) groups excluding carboxylic acids is 1. The van der Waals surface area contributed by atoms with Crippen molar-refractivity contribution >= 4 is 75.1 Å². The lowest BCUT2D eigenvalue weighted by atomic mass is 10.1. The van der Waals surface area contributed by atoms with Crippen molar-refractivity contribution in [1.82, 2.24) is 0 Å². The molecule has 0 amide bonds. The van der Waals surface area contributed by atoms with Crippen LogP contribution in [-0.2, 0) is 4.74 Å². The molecule has 88 valence electrons. The smallest absolute Gasteiger partial charge is 0.219 e. The summed E-state index contributed by atoms with van der Waals surface area (Å²) in [6.45, 7) is 0. The first-order valence-corrected chi connectivity index (χ1v) is 6.72. The summed E-state index contributed by atoms with van der Waals surface area (Å²) in [7, 11) is 0. The largest absolute Gasteiger partial charge is 0.356 e. The molecule has 0 aromatic carbocycles. The van der Waals surface area contributed by atoms with E-state index >= 15 is 0 Å². The molecule has 0 unspecified atom stereocenters. The Kier molecular flexibility index (Phi) is 3.69. The fourth-order valence-corrected chi connectivity index (χ4v) is 3.19. The van der Waals surface area contributed by atoms with Gasteiger partial charge in [0.05, 0.1) is 9.90 Å². The van der Waals surface area contributed by atoms with E-state index in [4.69, 9.17) is 62.7 Å².